The van der Waals surface area contributed by atoms with Crippen molar-refractivity contribution in [1.29, 1.82) is 0 Å². The van der Waals surface area contributed by atoms with Gasteiger partial charge in [-0.15, -0.1) is 0 Å². The van der Waals surface area contributed by atoms with Crippen molar-refractivity contribution in [2.24, 2.45) is 0 Å². The van der Waals surface area contributed by atoms with Crippen LogP contribution in [-0.4, -0.2) is 52.8 Å². The molecule has 0 atom stereocenters. The molecule has 6 nitrogen and oxygen atoms in total. The fraction of sp³-hybridized carbons (Fsp3) is 0.278. The van der Waals surface area contributed by atoms with Crippen LogP contribution in [0.2, 0.25) is 5.02 Å². The molecule has 0 aliphatic carbocycles. The standard InChI is InChI=1S/C18H19ClN4O2/c1-13(24)22-6-8-23(9-7-22)18(25)14-10-17(12-20-11-14)21-16-4-2-15(19)3-5-16/h2-5,10-12,21H,6-9H2,1H3. The lowest BCUT2D eigenvalue weighted by atomic mass is 10.2. The molecule has 2 aromatic rings. The highest BCUT2D eigenvalue weighted by atomic mass is 35.5. The van der Waals surface area contributed by atoms with Crippen LogP contribution in [0.25, 0.3) is 0 Å². The van der Waals surface area contributed by atoms with Gasteiger partial charge >= 0.3 is 0 Å². The van der Waals surface area contributed by atoms with Crippen molar-refractivity contribution in [2.45, 2.75) is 6.92 Å². The molecule has 0 bridgehead atoms. The van der Waals surface area contributed by atoms with Gasteiger partial charge in [0.25, 0.3) is 5.91 Å². The van der Waals surface area contributed by atoms with Gasteiger partial charge in [-0.2, -0.15) is 0 Å². The number of carbonyl (C=O) groups is 2. The highest BCUT2D eigenvalue weighted by molar-refractivity contribution is 6.30. The minimum Gasteiger partial charge on any atom is -0.354 e. The molecule has 0 radical (unpaired) electrons. The zero-order chi connectivity index (χ0) is 17.8. The van der Waals surface area contributed by atoms with Gasteiger partial charge in [0, 0.05) is 50.0 Å². The van der Waals surface area contributed by atoms with E-state index in [2.05, 4.69) is 10.3 Å². The predicted molar refractivity (Wildman–Crippen MR) is 97.1 cm³/mol. The SMILES string of the molecule is CC(=O)N1CCN(C(=O)c2cncc(Nc3ccc(Cl)cc3)c2)CC1. The first kappa shape index (κ1) is 17.2. The fourth-order valence-corrected chi connectivity index (χ4v) is 2.86. The zero-order valence-corrected chi connectivity index (χ0v) is 14.7. The van der Waals surface area contributed by atoms with Crippen molar-refractivity contribution in [3.63, 3.8) is 0 Å². The summed E-state index contributed by atoms with van der Waals surface area (Å²) in [5.41, 5.74) is 2.12. The molecule has 1 fully saturated rings. The minimum absolute atomic E-state index is 0.0444. The Morgan fingerprint density at radius 3 is 2.28 bits per heavy atom. The second-order valence-electron chi connectivity index (χ2n) is 5.89. The molecule has 1 aliphatic heterocycles. The third-order valence-corrected chi connectivity index (χ3v) is 4.38. The first-order chi connectivity index (χ1) is 12.0. The smallest absolute Gasteiger partial charge is 0.255 e. The van der Waals surface area contributed by atoms with Gasteiger partial charge in [0.2, 0.25) is 5.91 Å². The molecular weight excluding hydrogens is 340 g/mol. The van der Waals surface area contributed by atoms with E-state index >= 15 is 0 Å². The number of piperazine rings is 1. The Morgan fingerprint density at radius 1 is 1.00 bits per heavy atom. The monoisotopic (exact) mass is 358 g/mol. The zero-order valence-electron chi connectivity index (χ0n) is 13.9. The molecule has 130 valence electrons. The molecule has 3 rings (SSSR count). The Kier molecular flexibility index (Phi) is 5.19. The van der Waals surface area contributed by atoms with Crippen LogP contribution < -0.4 is 5.32 Å². The molecule has 0 saturated carbocycles. The average Bonchev–Trinajstić information content (AvgIpc) is 2.63. The molecule has 2 amide bonds. The Hall–Kier alpha value is -2.60. The van der Waals surface area contributed by atoms with E-state index in [1.807, 2.05) is 12.1 Å². The number of carbonyl (C=O) groups excluding carboxylic acids is 2. The molecule has 1 saturated heterocycles. The Morgan fingerprint density at radius 2 is 1.64 bits per heavy atom. The lowest BCUT2D eigenvalue weighted by molar-refractivity contribution is -0.130. The van der Waals surface area contributed by atoms with Gasteiger partial charge < -0.3 is 15.1 Å². The van der Waals surface area contributed by atoms with Gasteiger partial charge in [-0.25, -0.2) is 0 Å². The molecule has 1 N–H and O–H groups in total. The maximum atomic E-state index is 12.7. The van der Waals surface area contributed by atoms with Crippen LogP contribution in [0.1, 0.15) is 17.3 Å². The quantitative estimate of drug-likeness (QED) is 0.916. The molecule has 2 heterocycles. The van der Waals surface area contributed by atoms with Gasteiger partial charge in [-0.05, 0) is 30.3 Å². The van der Waals surface area contributed by atoms with Crippen molar-refractivity contribution in [3.05, 3.63) is 53.3 Å². The predicted octanol–water partition coefficient (Wildman–Crippen LogP) is 2.78. The molecular formula is C18H19ClN4O2. The summed E-state index contributed by atoms with van der Waals surface area (Å²) < 4.78 is 0. The fourth-order valence-electron chi connectivity index (χ4n) is 2.73. The van der Waals surface area contributed by atoms with Crippen molar-refractivity contribution >= 4 is 34.8 Å². The number of hydrogen-bond donors (Lipinski definition) is 1. The average molecular weight is 359 g/mol. The summed E-state index contributed by atoms with van der Waals surface area (Å²) in [5, 5.41) is 3.87. The van der Waals surface area contributed by atoms with E-state index in [1.165, 1.54) is 0 Å². The highest BCUT2D eigenvalue weighted by Gasteiger charge is 2.23. The molecule has 1 aliphatic rings. The van der Waals surface area contributed by atoms with Crippen LogP contribution >= 0.6 is 11.6 Å². The van der Waals surface area contributed by atoms with Gasteiger partial charge in [0.1, 0.15) is 0 Å². The summed E-state index contributed by atoms with van der Waals surface area (Å²) in [6.45, 7) is 3.75. The Balaban J connectivity index is 1.67. The van der Waals surface area contributed by atoms with E-state index < -0.39 is 0 Å². The number of benzene rings is 1. The van der Waals surface area contributed by atoms with Gasteiger partial charge in [-0.1, -0.05) is 11.6 Å². The number of nitrogens with zero attached hydrogens (tertiary/aromatic N) is 3. The van der Waals surface area contributed by atoms with Crippen LogP contribution in [0.3, 0.4) is 0 Å². The lowest BCUT2D eigenvalue weighted by Gasteiger charge is -2.34. The number of aromatic nitrogens is 1. The maximum Gasteiger partial charge on any atom is 0.255 e. The largest absolute Gasteiger partial charge is 0.354 e. The molecule has 7 heteroatoms. The van der Waals surface area contributed by atoms with E-state index in [9.17, 15) is 9.59 Å². The third-order valence-electron chi connectivity index (χ3n) is 4.13. The van der Waals surface area contributed by atoms with Crippen molar-refractivity contribution < 1.29 is 9.59 Å². The van der Waals surface area contributed by atoms with Crippen molar-refractivity contribution in [3.8, 4) is 0 Å². The van der Waals surface area contributed by atoms with Crippen LogP contribution in [-0.2, 0) is 4.79 Å². The Labute approximate surface area is 151 Å². The molecule has 0 spiro atoms. The lowest BCUT2D eigenvalue weighted by Crippen LogP contribution is -2.50. The van der Waals surface area contributed by atoms with Crippen molar-refractivity contribution in [1.82, 2.24) is 14.8 Å². The Bertz CT molecular complexity index is 771. The molecule has 25 heavy (non-hydrogen) atoms. The number of anilines is 2. The van der Waals surface area contributed by atoms with E-state index in [0.717, 1.165) is 11.4 Å². The van der Waals surface area contributed by atoms with Crippen LogP contribution in [0.5, 0.6) is 0 Å². The summed E-state index contributed by atoms with van der Waals surface area (Å²) in [6.07, 6.45) is 3.23. The van der Waals surface area contributed by atoms with E-state index in [1.54, 1.807) is 47.3 Å². The first-order valence-electron chi connectivity index (χ1n) is 8.05. The minimum atomic E-state index is -0.0736. The summed E-state index contributed by atoms with van der Waals surface area (Å²) in [4.78, 5) is 31.7. The third kappa shape index (κ3) is 4.28. The highest BCUT2D eigenvalue weighted by Crippen LogP contribution is 2.20. The van der Waals surface area contributed by atoms with Crippen LogP contribution in [0.15, 0.2) is 42.7 Å². The second-order valence-corrected chi connectivity index (χ2v) is 6.33. The number of halogens is 1. The number of pyridine rings is 1. The summed E-state index contributed by atoms with van der Waals surface area (Å²) in [6, 6.07) is 9.08. The number of rotatable bonds is 3. The molecule has 1 aromatic carbocycles. The van der Waals surface area contributed by atoms with E-state index in [-0.39, 0.29) is 11.8 Å². The number of hydrogen-bond acceptors (Lipinski definition) is 4. The van der Waals surface area contributed by atoms with Crippen molar-refractivity contribution in [2.75, 3.05) is 31.5 Å². The molecule has 1 aromatic heterocycles. The van der Waals surface area contributed by atoms with Gasteiger partial charge in [-0.3, -0.25) is 14.6 Å². The van der Waals surface area contributed by atoms with Crippen LogP contribution in [0, 0.1) is 0 Å². The van der Waals surface area contributed by atoms with Crippen LogP contribution in [0.4, 0.5) is 11.4 Å². The van der Waals surface area contributed by atoms with Gasteiger partial charge in [0.05, 0.1) is 17.4 Å². The summed E-state index contributed by atoms with van der Waals surface area (Å²) in [5.74, 6) is -0.0293. The number of nitrogens with one attached hydrogen (secondary N) is 1. The normalized spacial score (nSPS) is 14.3. The molecule has 0 unspecified atom stereocenters. The maximum absolute atomic E-state index is 12.7. The van der Waals surface area contributed by atoms with E-state index in [0.29, 0.717) is 36.8 Å². The second kappa shape index (κ2) is 7.53. The van der Waals surface area contributed by atoms with E-state index in [4.69, 9.17) is 11.6 Å². The van der Waals surface area contributed by atoms with Gasteiger partial charge in [0.15, 0.2) is 0 Å². The topological polar surface area (TPSA) is 65.5 Å². The summed E-state index contributed by atoms with van der Waals surface area (Å²) >= 11 is 5.88. The first-order valence-corrected chi connectivity index (χ1v) is 8.43. The number of amides is 2. The summed E-state index contributed by atoms with van der Waals surface area (Å²) in [7, 11) is 0.